The Morgan fingerprint density at radius 3 is 2.50 bits per heavy atom. The SMILES string of the molecule is C=C(OC(C)CC)C(=O)OCC. The van der Waals surface area contributed by atoms with E-state index in [9.17, 15) is 4.79 Å². The third-order valence-corrected chi connectivity index (χ3v) is 1.42. The number of carbonyl (C=O) groups excluding carboxylic acids is 1. The molecule has 1 unspecified atom stereocenters. The molecular formula is C9H16O3. The third-order valence-electron chi connectivity index (χ3n) is 1.42. The molecule has 3 heteroatoms. The van der Waals surface area contributed by atoms with Gasteiger partial charge in [0.2, 0.25) is 0 Å². The summed E-state index contributed by atoms with van der Waals surface area (Å²) in [6, 6.07) is 0. The summed E-state index contributed by atoms with van der Waals surface area (Å²) in [5, 5.41) is 0. The van der Waals surface area contributed by atoms with E-state index in [2.05, 4.69) is 11.3 Å². The molecule has 0 bridgehead atoms. The minimum absolute atomic E-state index is 0.0157. The van der Waals surface area contributed by atoms with Crippen LogP contribution in [0.2, 0.25) is 0 Å². The van der Waals surface area contributed by atoms with Crippen molar-refractivity contribution in [2.75, 3.05) is 6.61 Å². The van der Waals surface area contributed by atoms with Crippen molar-refractivity contribution in [2.45, 2.75) is 33.3 Å². The van der Waals surface area contributed by atoms with E-state index in [1.807, 2.05) is 13.8 Å². The van der Waals surface area contributed by atoms with Crippen LogP contribution < -0.4 is 0 Å². The van der Waals surface area contributed by atoms with E-state index >= 15 is 0 Å². The molecule has 0 spiro atoms. The Labute approximate surface area is 73.4 Å². The minimum atomic E-state index is -0.474. The van der Waals surface area contributed by atoms with Gasteiger partial charge in [0.1, 0.15) is 0 Å². The summed E-state index contributed by atoms with van der Waals surface area (Å²) >= 11 is 0. The van der Waals surface area contributed by atoms with Gasteiger partial charge in [0.15, 0.2) is 5.76 Å². The molecule has 0 fully saturated rings. The molecular weight excluding hydrogens is 156 g/mol. The van der Waals surface area contributed by atoms with E-state index in [1.54, 1.807) is 6.92 Å². The molecule has 0 saturated carbocycles. The fourth-order valence-corrected chi connectivity index (χ4v) is 0.586. The van der Waals surface area contributed by atoms with Crippen molar-refractivity contribution in [1.82, 2.24) is 0 Å². The zero-order valence-corrected chi connectivity index (χ0v) is 7.92. The second kappa shape index (κ2) is 5.63. The predicted octanol–water partition coefficient (Wildman–Crippen LogP) is 1.88. The standard InChI is InChI=1S/C9H16O3/c1-5-7(3)12-8(4)9(10)11-6-2/h7H,4-6H2,1-3H3. The lowest BCUT2D eigenvalue weighted by atomic mass is 10.3. The lowest BCUT2D eigenvalue weighted by Gasteiger charge is -2.12. The van der Waals surface area contributed by atoms with Gasteiger partial charge in [0, 0.05) is 0 Å². The summed E-state index contributed by atoms with van der Waals surface area (Å²) in [6.45, 7) is 9.41. The average molecular weight is 172 g/mol. The Kier molecular flexibility index (Phi) is 5.17. The van der Waals surface area contributed by atoms with Crippen LogP contribution in [0.4, 0.5) is 0 Å². The maximum absolute atomic E-state index is 10.9. The highest BCUT2D eigenvalue weighted by atomic mass is 16.6. The van der Waals surface area contributed by atoms with Crippen LogP contribution in [-0.2, 0) is 14.3 Å². The number of ether oxygens (including phenoxy) is 2. The third kappa shape index (κ3) is 4.01. The molecule has 0 aliphatic carbocycles. The van der Waals surface area contributed by atoms with Gasteiger partial charge >= 0.3 is 5.97 Å². The molecule has 0 aromatic rings. The van der Waals surface area contributed by atoms with Crippen molar-refractivity contribution in [1.29, 1.82) is 0 Å². The van der Waals surface area contributed by atoms with Crippen molar-refractivity contribution in [3.63, 3.8) is 0 Å². The van der Waals surface area contributed by atoms with Crippen LogP contribution in [0.25, 0.3) is 0 Å². The summed E-state index contributed by atoms with van der Waals surface area (Å²) in [5.74, 6) is -0.385. The summed E-state index contributed by atoms with van der Waals surface area (Å²) in [5.41, 5.74) is 0. The van der Waals surface area contributed by atoms with Gasteiger partial charge in [-0.05, 0) is 26.8 Å². The molecule has 0 aliphatic heterocycles. The van der Waals surface area contributed by atoms with Crippen molar-refractivity contribution >= 4 is 5.97 Å². The number of esters is 1. The monoisotopic (exact) mass is 172 g/mol. The molecule has 0 amide bonds. The maximum atomic E-state index is 10.9. The highest BCUT2D eigenvalue weighted by molar-refractivity contribution is 5.85. The predicted molar refractivity (Wildman–Crippen MR) is 46.6 cm³/mol. The molecule has 0 aromatic carbocycles. The molecule has 0 rings (SSSR count). The molecule has 3 nitrogen and oxygen atoms in total. The van der Waals surface area contributed by atoms with Gasteiger partial charge in [0.25, 0.3) is 0 Å². The van der Waals surface area contributed by atoms with Crippen LogP contribution in [0.15, 0.2) is 12.3 Å². The molecule has 0 saturated heterocycles. The number of hydrogen-bond acceptors (Lipinski definition) is 3. The number of hydrogen-bond donors (Lipinski definition) is 0. The smallest absolute Gasteiger partial charge is 0.372 e. The zero-order chi connectivity index (χ0) is 9.56. The van der Waals surface area contributed by atoms with Gasteiger partial charge in [-0.3, -0.25) is 0 Å². The quantitative estimate of drug-likeness (QED) is 0.361. The van der Waals surface area contributed by atoms with Crippen LogP contribution in [-0.4, -0.2) is 18.7 Å². The van der Waals surface area contributed by atoms with E-state index < -0.39 is 5.97 Å². The normalized spacial score (nSPS) is 11.9. The maximum Gasteiger partial charge on any atom is 0.372 e. The number of carbonyl (C=O) groups is 1. The number of rotatable bonds is 5. The van der Waals surface area contributed by atoms with Gasteiger partial charge in [-0.1, -0.05) is 6.92 Å². The molecule has 0 aromatic heterocycles. The van der Waals surface area contributed by atoms with E-state index in [4.69, 9.17) is 4.74 Å². The van der Waals surface area contributed by atoms with Gasteiger partial charge < -0.3 is 9.47 Å². The summed E-state index contributed by atoms with van der Waals surface area (Å²) in [6.07, 6.45) is 0.861. The summed E-state index contributed by atoms with van der Waals surface area (Å²) in [4.78, 5) is 10.9. The highest BCUT2D eigenvalue weighted by Crippen LogP contribution is 2.04. The molecule has 70 valence electrons. The first-order valence-electron chi connectivity index (χ1n) is 4.14. The molecule has 0 heterocycles. The van der Waals surface area contributed by atoms with Gasteiger partial charge in [-0.2, -0.15) is 0 Å². The van der Waals surface area contributed by atoms with Crippen molar-refractivity contribution in [2.24, 2.45) is 0 Å². The Bertz CT molecular complexity index is 163. The zero-order valence-electron chi connectivity index (χ0n) is 7.92. The second-order valence-corrected chi connectivity index (χ2v) is 2.48. The van der Waals surface area contributed by atoms with E-state index in [0.717, 1.165) is 6.42 Å². The Morgan fingerprint density at radius 2 is 2.08 bits per heavy atom. The van der Waals surface area contributed by atoms with Gasteiger partial charge in [-0.25, -0.2) is 4.79 Å². The van der Waals surface area contributed by atoms with Gasteiger partial charge in [0.05, 0.1) is 12.7 Å². The largest absolute Gasteiger partial charge is 0.484 e. The molecule has 0 aliphatic rings. The van der Waals surface area contributed by atoms with Gasteiger partial charge in [-0.15, -0.1) is 0 Å². The van der Waals surface area contributed by atoms with Crippen LogP contribution in [0, 0.1) is 0 Å². The van der Waals surface area contributed by atoms with Crippen molar-refractivity contribution < 1.29 is 14.3 Å². The van der Waals surface area contributed by atoms with Crippen LogP contribution in [0.5, 0.6) is 0 Å². The van der Waals surface area contributed by atoms with Crippen LogP contribution >= 0.6 is 0 Å². The first-order valence-corrected chi connectivity index (χ1v) is 4.14. The fraction of sp³-hybridized carbons (Fsp3) is 0.667. The fourth-order valence-electron chi connectivity index (χ4n) is 0.586. The lowest BCUT2D eigenvalue weighted by molar-refractivity contribution is -0.143. The molecule has 12 heavy (non-hydrogen) atoms. The van der Waals surface area contributed by atoms with E-state index in [1.165, 1.54) is 0 Å². The van der Waals surface area contributed by atoms with E-state index in [0.29, 0.717) is 6.61 Å². The Hall–Kier alpha value is -0.990. The summed E-state index contributed by atoms with van der Waals surface area (Å²) in [7, 11) is 0. The van der Waals surface area contributed by atoms with Crippen LogP contribution in [0.1, 0.15) is 27.2 Å². The molecule has 0 N–H and O–H groups in total. The molecule has 0 radical (unpaired) electrons. The first kappa shape index (κ1) is 11.0. The second-order valence-electron chi connectivity index (χ2n) is 2.48. The Morgan fingerprint density at radius 1 is 1.50 bits per heavy atom. The average Bonchev–Trinajstić information content (AvgIpc) is 2.04. The highest BCUT2D eigenvalue weighted by Gasteiger charge is 2.11. The molecule has 1 atom stereocenters. The van der Waals surface area contributed by atoms with Crippen molar-refractivity contribution in [3.05, 3.63) is 12.3 Å². The first-order chi connectivity index (χ1) is 5.61. The summed E-state index contributed by atoms with van der Waals surface area (Å²) < 4.78 is 9.83. The topological polar surface area (TPSA) is 35.5 Å². The van der Waals surface area contributed by atoms with E-state index in [-0.39, 0.29) is 11.9 Å². The Balaban J connectivity index is 3.79. The minimum Gasteiger partial charge on any atom is -0.484 e. The van der Waals surface area contributed by atoms with Crippen molar-refractivity contribution in [3.8, 4) is 0 Å². The van der Waals surface area contributed by atoms with Crippen LogP contribution in [0.3, 0.4) is 0 Å². The lowest BCUT2D eigenvalue weighted by Crippen LogP contribution is -2.14.